The fraction of sp³-hybridized carbons (Fsp3) is 0.300. The number of hydrogen-bond donors (Lipinski definition) is 0. The lowest BCUT2D eigenvalue weighted by atomic mass is 10.0. The van der Waals surface area contributed by atoms with Gasteiger partial charge in [0.15, 0.2) is 5.78 Å². The third-order valence-corrected chi connectivity index (χ3v) is 5.65. The van der Waals surface area contributed by atoms with Crippen LogP contribution in [-0.4, -0.2) is 31.2 Å². The zero-order valence-electron chi connectivity index (χ0n) is 15.6. The molecule has 26 heavy (non-hydrogen) atoms. The molecule has 5 nitrogen and oxygen atoms in total. The zero-order chi connectivity index (χ0) is 18.8. The molecule has 0 aliphatic rings. The maximum absolute atomic E-state index is 12.8. The number of hydrogen-bond acceptors (Lipinski definition) is 5. The first-order valence-electron chi connectivity index (χ1n) is 8.51. The fourth-order valence-electron chi connectivity index (χ4n) is 2.61. The molecule has 0 unspecified atom stereocenters. The summed E-state index contributed by atoms with van der Waals surface area (Å²) in [4.78, 5) is 12.8. The highest BCUT2D eigenvalue weighted by Crippen LogP contribution is 2.26. The molecule has 0 amide bonds. The number of ketones is 1. The van der Waals surface area contributed by atoms with Gasteiger partial charge < -0.3 is 0 Å². The number of aromatic nitrogens is 4. The van der Waals surface area contributed by atoms with E-state index in [2.05, 4.69) is 29.4 Å². The molecule has 1 heterocycles. The summed E-state index contributed by atoms with van der Waals surface area (Å²) in [6.45, 7) is 10.1. The van der Waals surface area contributed by atoms with Gasteiger partial charge in [-0.1, -0.05) is 30.0 Å². The number of carbonyl (C=O) groups excluding carboxylic acids is 1. The quantitative estimate of drug-likeness (QED) is 0.499. The van der Waals surface area contributed by atoms with Gasteiger partial charge in [-0.15, -0.1) is 5.10 Å². The van der Waals surface area contributed by atoms with E-state index < -0.39 is 0 Å². The molecule has 0 fully saturated rings. The van der Waals surface area contributed by atoms with Crippen LogP contribution in [0, 0.1) is 27.7 Å². The average molecular weight is 366 g/mol. The van der Waals surface area contributed by atoms with Gasteiger partial charge in [0.2, 0.25) is 5.16 Å². The molecular formula is C20H22N4OS. The van der Waals surface area contributed by atoms with Crippen molar-refractivity contribution in [2.24, 2.45) is 0 Å². The maximum atomic E-state index is 12.8. The molecule has 3 aromatic rings. The van der Waals surface area contributed by atoms with Crippen LogP contribution < -0.4 is 0 Å². The van der Waals surface area contributed by atoms with Crippen LogP contribution in [0.4, 0.5) is 0 Å². The lowest BCUT2D eigenvalue weighted by Gasteiger charge is -2.12. The number of benzene rings is 2. The Balaban J connectivity index is 1.83. The SMILES string of the molecule is Cc1ccc(C(=O)[C@H](C)Sc2nnnn2-c2ccc(C)c(C)c2)cc1C. The van der Waals surface area contributed by atoms with E-state index in [1.54, 1.807) is 4.68 Å². The van der Waals surface area contributed by atoms with Crippen LogP contribution in [0.2, 0.25) is 0 Å². The van der Waals surface area contributed by atoms with Gasteiger partial charge in [0, 0.05) is 5.56 Å². The van der Waals surface area contributed by atoms with Crippen molar-refractivity contribution < 1.29 is 4.79 Å². The van der Waals surface area contributed by atoms with E-state index >= 15 is 0 Å². The molecule has 0 N–H and O–H groups in total. The van der Waals surface area contributed by atoms with Gasteiger partial charge in [0.25, 0.3) is 0 Å². The average Bonchev–Trinajstić information content (AvgIpc) is 3.07. The Labute approximate surface area is 157 Å². The number of rotatable bonds is 5. The van der Waals surface area contributed by atoms with Gasteiger partial charge in [-0.3, -0.25) is 4.79 Å². The minimum Gasteiger partial charge on any atom is -0.293 e. The molecule has 6 heteroatoms. The molecule has 1 aromatic heterocycles. The van der Waals surface area contributed by atoms with Gasteiger partial charge in [-0.25, -0.2) is 0 Å². The molecule has 0 saturated heterocycles. The normalized spacial score (nSPS) is 12.2. The summed E-state index contributed by atoms with van der Waals surface area (Å²) >= 11 is 1.37. The van der Waals surface area contributed by atoms with Crippen molar-refractivity contribution in [3.8, 4) is 5.69 Å². The van der Waals surface area contributed by atoms with Crippen LogP contribution in [-0.2, 0) is 0 Å². The number of thioether (sulfide) groups is 1. The molecule has 0 bridgehead atoms. The highest BCUT2D eigenvalue weighted by Gasteiger charge is 2.21. The Bertz CT molecular complexity index is 964. The summed E-state index contributed by atoms with van der Waals surface area (Å²) in [5, 5.41) is 12.3. The second kappa shape index (κ2) is 7.41. The fourth-order valence-corrected chi connectivity index (χ4v) is 3.50. The monoisotopic (exact) mass is 366 g/mol. The van der Waals surface area contributed by atoms with Gasteiger partial charge in [0.05, 0.1) is 10.9 Å². The number of nitrogens with zero attached hydrogens (tertiary/aromatic N) is 4. The number of tetrazole rings is 1. The first kappa shape index (κ1) is 18.3. The molecule has 0 radical (unpaired) electrons. The van der Waals surface area contributed by atoms with E-state index in [1.807, 2.05) is 57.2 Å². The van der Waals surface area contributed by atoms with Crippen molar-refractivity contribution in [2.45, 2.75) is 45.0 Å². The minimum atomic E-state index is -0.284. The van der Waals surface area contributed by atoms with Crippen molar-refractivity contribution in [1.82, 2.24) is 20.2 Å². The van der Waals surface area contributed by atoms with Crippen molar-refractivity contribution in [3.05, 3.63) is 64.2 Å². The summed E-state index contributed by atoms with van der Waals surface area (Å²) < 4.78 is 1.68. The number of aryl methyl sites for hydroxylation is 4. The predicted molar refractivity (Wildman–Crippen MR) is 104 cm³/mol. The second-order valence-corrected chi connectivity index (χ2v) is 7.87. The lowest BCUT2D eigenvalue weighted by Crippen LogP contribution is -2.15. The molecule has 2 aromatic carbocycles. The molecule has 1 atom stereocenters. The van der Waals surface area contributed by atoms with Crippen LogP contribution in [0.1, 0.15) is 39.5 Å². The highest BCUT2D eigenvalue weighted by atomic mass is 32.2. The van der Waals surface area contributed by atoms with Gasteiger partial charge in [0.1, 0.15) is 0 Å². The Morgan fingerprint density at radius 2 is 1.62 bits per heavy atom. The summed E-state index contributed by atoms with van der Waals surface area (Å²) in [6.07, 6.45) is 0. The van der Waals surface area contributed by atoms with Crippen LogP contribution in [0.3, 0.4) is 0 Å². The molecule has 0 aliphatic carbocycles. The summed E-state index contributed by atoms with van der Waals surface area (Å²) in [5.41, 5.74) is 6.31. The molecule has 3 rings (SSSR count). The third kappa shape index (κ3) is 3.70. The van der Waals surface area contributed by atoms with E-state index in [-0.39, 0.29) is 11.0 Å². The number of carbonyl (C=O) groups is 1. The Hall–Kier alpha value is -2.47. The van der Waals surface area contributed by atoms with Gasteiger partial charge >= 0.3 is 0 Å². The summed E-state index contributed by atoms with van der Waals surface area (Å²) in [7, 11) is 0. The van der Waals surface area contributed by atoms with E-state index in [1.165, 1.54) is 28.5 Å². The third-order valence-electron chi connectivity index (χ3n) is 4.62. The Morgan fingerprint density at radius 1 is 0.962 bits per heavy atom. The number of Topliss-reactive ketones (excluding diaryl/α,β-unsaturated/α-hetero) is 1. The second-order valence-electron chi connectivity index (χ2n) is 6.57. The van der Waals surface area contributed by atoms with Crippen LogP contribution >= 0.6 is 11.8 Å². The highest BCUT2D eigenvalue weighted by molar-refractivity contribution is 8.00. The van der Waals surface area contributed by atoms with Crippen molar-refractivity contribution in [1.29, 1.82) is 0 Å². The van der Waals surface area contributed by atoms with Gasteiger partial charge in [-0.05, 0) is 85.5 Å². The van der Waals surface area contributed by atoms with Crippen LogP contribution in [0.5, 0.6) is 0 Å². The first-order valence-corrected chi connectivity index (χ1v) is 9.39. The van der Waals surface area contributed by atoms with Gasteiger partial charge in [-0.2, -0.15) is 4.68 Å². The minimum absolute atomic E-state index is 0.0766. The van der Waals surface area contributed by atoms with E-state index in [4.69, 9.17) is 0 Å². The smallest absolute Gasteiger partial charge is 0.214 e. The van der Waals surface area contributed by atoms with Crippen molar-refractivity contribution in [3.63, 3.8) is 0 Å². The maximum Gasteiger partial charge on any atom is 0.214 e. The lowest BCUT2D eigenvalue weighted by molar-refractivity contribution is 0.0993. The van der Waals surface area contributed by atoms with E-state index in [0.717, 1.165) is 16.8 Å². The Kier molecular flexibility index (Phi) is 5.23. The van der Waals surface area contributed by atoms with E-state index in [0.29, 0.717) is 5.16 Å². The zero-order valence-corrected chi connectivity index (χ0v) is 16.5. The van der Waals surface area contributed by atoms with Crippen molar-refractivity contribution >= 4 is 17.5 Å². The largest absolute Gasteiger partial charge is 0.293 e. The summed E-state index contributed by atoms with van der Waals surface area (Å²) in [6, 6.07) is 11.9. The first-order chi connectivity index (χ1) is 12.4. The molecule has 0 aliphatic heterocycles. The summed E-state index contributed by atoms with van der Waals surface area (Å²) in [5.74, 6) is 0.0766. The van der Waals surface area contributed by atoms with Crippen LogP contribution in [0.15, 0.2) is 41.6 Å². The standard InChI is InChI=1S/C20H22N4OS/c1-12-6-8-17(10-14(12)3)19(25)16(5)26-20-21-22-23-24(20)18-9-7-13(2)15(4)11-18/h6-11,16H,1-5H3/t16-/m0/s1. The molecule has 0 saturated carbocycles. The molecule has 0 spiro atoms. The van der Waals surface area contributed by atoms with Crippen LogP contribution in [0.25, 0.3) is 5.69 Å². The topological polar surface area (TPSA) is 60.7 Å². The predicted octanol–water partition coefficient (Wildman–Crippen LogP) is 4.26. The van der Waals surface area contributed by atoms with Crippen molar-refractivity contribution in [2.75, 3.05) is 0 Å². The molecule has 134 valence electrons. The van der Waals surface area contributed by atoms with E-state index in [9.17, 15) is 4.79 Å². The Morgan fingerprint density at radius 3 is 2.27 bits per heavy atom. The molecular weight excluding hydrogens is 344 g/mol.